The van der Waals surface area contributed by atoms with Gasteiger partial charge in [0.1, 0.15) is 5.75 Å². The zero-order chi connectivity index (χ0) is 24.9. The van der Waals surface area contributed by atoms with Crippen LogP contribution in [0.4, 0.5) is 0 Å². The van der Waals surface area contributed by atoms with Gasteiger partial charge in [0.25, 0.3) is 5.91 Å². The van der Waals surface area contributed by atoms with E-state index in [1.54, 1.807) is 12.1 Å². The number of rotatable bonds is 7. The number of methoxy groups -OCH3 is 1. The molecule has 2 aliphatic rings. The quantitative estimate of drug-likeness (QED) is 0.498. The zero-order valence-electron chi connectivity index (χ0n) is 21.1. The highest BCUT2D eigenvalue weighted by atomic mass is 16.5. The summed E-state index contributed by atoms with van der Waals surface area (Å²) in [5, 5.41) is 6.58. The second-order valence-corrected chi connectivity index (χ2v) is 9.69. The molecular formula is C30H34N4O2. The van der Waals surface area contributed by atoms with Crippen molar-refractivity contribution >= 4 is 11.6 Å². The van der Waals surface area contributed by atoms with Crippen LogP contribution in [0.3, 0.4) is 0 Å². The minimum atomic E-state index is -0.137. The van der Waals surface area contributed by atoms with Crippen LogP contribution < -0.4 is 4.74 Å². The molecular weight excluding hydrogens is 448 g/mol. The molecule has 36 heavy (non-hydrogen) atoms. The van der Waals surface area contributed by atoms with Gasteiger partial charge in [0.2, 0.25) is 0 Å². The molecule has 0 spiro atoms. The van der Waals surface area contributed by atoms with Crippen molar-refractivity contribution in [3.8, 4) is 5.75 Å². The number of carbonyl (C=O) groups excluding carboxylic acids is 1. The lowest BCUT2D eigenvalue weighted by molar-refractivity contribution is -0.134. The second-order valence-electron chi connectivity index (χ2n) is 9.69. The molecule has 5 rings (SSSR count). The molecule has 1 unspecified atom stereocenters. The zero-order valence-corrected chi connectivity index (χ0v) is 21.1. The minimum absolute atomic E-state index is 0.0435. The third-order valence-electron chi connectivity index (χ3n) is 7.07. The topological polar surface area (TPSA) is 48.4 Å². The Kier molecular flexibility index (Phi) is 7.44. The first-order chi connectivity index (χ1) is 17.6. The van der Waals surface area contributed by atoms with E-state index in [1.807, 2.05) is 24.3 Å². The smallest absolute Gasteiger partial charge is 0.257 e. The number of hydrazone groups is 1. The molecule has 1 fully saturated rings. The van der Waals surface area contributed by atoms with Crippen LogP contribution in [0.1, 0.15) is 34.7 Å². The first kappa shape index (κ1) is 24.2. The first-order valence-corrected chi connectivity index (χ1v) is 12.7. The van der Waals surface area contributed by atoms with Crippen LogP contribution in [-0.4, -0.2) is 66.3 Å². The summed E-state index contributed by atoms with van der Waals surface area (Å²) in [4.78, 5) is 18.3. The largest absolute Gasteiger partial charge is 0.497 e. The predicted octanol–water partition coefficient (Wildman–Crippen LogP) is 4.50. The number of carbonyl (C=O) groups is 1. The van der Waals surface area contributed by atoms with Crippen molar-refractivity contribution in [1.82, 2.24) is 14.8 Å². The van der Waals surface area contributed by atoms with Crippen LogP contribution in [0.15, 0.2) is 84.0 Å². The molecule has 0 radical (unpaired) electrons. The van der Waals surface area contributed by atoms with Gasteiger partial charge >= 0.3 is 0 Å². The van der Waals surface area contributed by atoms with Gasteiger partial charge in [0, 0.05) is 39.1 Å². The first-order valence-electron chi connectivity index (χ1n) is 12.7. The van der Waals surface area contributed by atoms with E-state index < -0.39 is 0 Å². The number of benzene rings is 3. The Bertz CT molecular complexity index is 1220. The van der Waals surface area contributed by atoms with E-state index in [4.69, 9.17) is 9.84 Å². The van der Waals surface area contributed by atoms with Crippen molar-refractivity contribution in [3.05, 3.63) is 101 Å². The molecule has 1 atom stereocenters. The average molecular weight is 483 g/mol. The normalized spacial score (nSPS) is 18.8. The predicted molar refractivity (Wildman–Crippen MR) is 143 cm³/mol. The Morgan fingerprint density at radius 3 is 2.42 bits per heavy atom. The van der Waals surface area contributed by atoms with Gasteiger partial charge in [-0.3, -0.25) is 14.6 Å². The van der Waals surface area contributed by atoms with Crippen molar-refractivity contribution in [2.45, 2.75) is 25.9 Å². The summed E-state index contributed by atoms with van der Waals surface area (Å²) in [6.07, 6.45) is 0.688. The second kappa shape index (κ2) is 11.1. The van der Waals surface area contributed by atoms with E-state index in [9.17, 15) is 4.79 Å². The molecule has 3 aromatic carbocycles. The minimum Gasteiger partial charge on any atom is -0.497 e. The number of hydrogen-bond acceptors (Lipinski definition) is 5. The molecule has 0 saturated carbocycles. The van der Waals surface area contributed by atoms with Crippen LogP contribution >= 0.6 is 0 Å². The fourth-order valence-electron chi connectivity index (χ4n) is 5.06. The third kappa shape index (κ3) is 5.66. The van der Waals surface area contributed by atoms with Crippen molar-refractivity contribution in [3.63, 3.8) is 0 Å². The molecule has 0 N–H and O–H groups in total. The number of amides is 1. The van der Waals surface area contributed by atoms with Crippen LogP contribution in [0.2, 0.25) is 0 Å². The van der Waals surface area contributed by atoms with Gasteiger partial charge < -0.3 is 4.74 Å². The van der Waals surface area contributed by atoms with Gasteiger partial charge in [-0.25, -0.2) is 5.01 Å². The maximum atomic E-state index is 13.6. The van der Waals surface area contributed by atoms with E-state index in [0.717, 1.165) is 55.3 Å². The fourth-order valence-corrected chi connectivity index (χ4v) is 5.06. The lowest BCUT2D eigenvalue weighted by Crippen LogP contribution is -2.49. The van der Waals surface area contributed by atoms with Gasteiger partial charge in [0.15, 0.2) is 0 Å². The SMILES string of the molecule is COc1cccc(C2CC(c3cccc(C)c3)=NN2C(=O)CN2CCN(Cc3ccccc3)CC2)c1. The molecule has 0 bridgehead atoms. The summed E-state index contributed by atoms with van der Waals surface area (Å²) < 4.78 is 5.46. The Labute approximate surface area is 213 Å². The summed E-state index contributed by atoms with van der Waals surface area (Å²) in [5.41, 5.74) is 5.59. The highest BCUT2D eigenvalue weighted by Gasteiger charge is 2.34. The maximum absolute atomic E-state index is 13.6. The van der Waals surface area contributed by atoms with Gasteiger partial charge in [0.05, 0.1) is 25.4 Å². The van der Waals surface area contributed by atoms with Gasteiger partial charge in [-0.15, -0.1) is 0 Å². The Morgan fingerprint density at radius 1 is 0.917 bits per heavy atom. The van der Waals surface area contributed by atoms with E-state index >= 15 is 0 Å². The van der Waals surface area contributed by atoms with Gasteiger partial charge in [-0.1, -0.05) is 72.3 Å². The van der Waals surface area contributed by atoms with Crippen molar-refractivity contribution in [2.75, 3.05) is 39.8 Å². The summed E-state index contributed by atoms with van der Waals surface area (Å²) in [5.74, 6) is 0.834. The molecule has 6 heteroatoms. The summed E-state index contributed by atoms with van der Waals surface area (Å²) in [6.45, 7) is 7.09. The number of ether oxygens (including phenoxy) is 1. The molecule has 1 amide bonds. The number of hydrogen-bond donors (Lipinski definition) is 0. The van der Waals surface area contributed by atoms with Crippen LogP contribution in [0, 0.1) is 6.92 Å². The monoisotopic (exact) mass is 482 g/mol. The maximum Gasteiger partial charge on any atom is 0.257 e. The highest BCUT2D eigenvalue weighted by molar-refractivity contribution is 6.03. The molecule has 2 aliphatic heterocycles. The van der Waals surface area contributed by atoms with E-state index in [2.05, 4.69) is 71.3 Å². The van der Waals surface area contributed by atoms with Crippen molar-refractivity contribution in [2.24, 2.45) is 5.10 Å². The molecule has 3 aromatic rings. The Hall–Kier alpha value is -3.48. The number of piperazine rings is 1. The van der Waals surface area contributed by atoms with Crippen LogP contribution in [0.25, 0.3) is 0 Å². The molecule has 0 aliphatic carbocycles. The van der Waals surface area contributed by atoms with Crippen LogP contribution in [-0.2, 0) is 11.3 Å². The molecule has 2 heterocycles. The third-order valence-corrected chi connectivity index (χ3v) is 7.07. The molecule has 6 nitrogen and oxygen atoms in total. The standard InChI is InChI=1S/C30H34N4O2/c1-23-8-6-11-25(18-23)28-20-29(26-12-7-13-27(19-26)36-2)34(31-28)30(35)22-33-16-14-32(15-17-33)21-24-9-4-3-5-10-24/h3-13,18-19,29H,14-17,20-22H2,1-2H3. The van der Waals surface area contributed by atoms with E-state index in [1.165, 1.54) is 11.1 Å². The van der Waals surface area contributed by atoms with Gasteiger partial charge in [-0.2, -0.15) is 5.10 Å². The van der Waals surface area contributed by atoms with Crippen LogP contribution in [0.5, 0.6) is 5.75 Å². The molecule has 0 aromatic heterocycles. The lowest BCUT2D eigenvalue weighted by atomic mass is 9.97. The van der Waals surface area contributed by atoms with E-state index in [0.29, 0.717) is 13.0 Å². The average Bonchev–Trinajstić information content (AvgIpc) is 3.36. The molecule has 1 saturated heterocycles. The van der Waals surface area contributed by atoms with Gasteiger partial charge in [-0.05, 0) is 35.7 Å². The van der Waals surface area contributed by atoms with Crippen molar-refractivity contribution in [1.29, 1.82) is 0 Å². The number of aryl methyl sites for hydroxylation is 1. The van der Waals surface area contributed by atoms with E-state index in [-0.39, 0.29) is 11.9 Å². The summed E-state index contributed by atoms with van der Waals surface area (Å²) in [6, 6.07) is 26.8. The summed E-state index contributed by atoms with van der Waals surface area (Å²) >= 11 is 0. The van der Waals surface area contributed by atoms with Crippen molar-refractivity contribution < 1.29 is 9.53 Å². The fraction of sp³-hybridized carbons (Fsp3) is 0.333. The number of nitrogens with zero attached hydrogens (tertiary/aromatic N) is 4. The Balaban J connectivity index is 1.29. The Morgan fingerprint density at radius 2 is 1.67 bits per heavy atom. The summed E-state index contributed by atoms with van der Waals surface area (Å²) in [7, 11) is 1.67. The lowest BCUT2D eigenvalue weighted by Gasteiger charge is -2.35. The molecule has 186 valence electrons. The highest BCUT2D eigenvalue weighted by Crippen LogP contribution is 2.34.